The van der Waals surface area contributed by atoms with Gasteiger partial charge >= 0.3 is 0 Å². The van der Waals surface area contributed by atoms with Crippen molar-refractivity contribution >= 4 is 23.1 Å². The van der Waals surface area contributed by atoms with E-state index in [9.17, 15) is 5.11 Å². The topological polar surface area (TPSA) is 20.2 Å². The van der Waals surface area contributed by atoms with E-state index < -0.39 is 0 Å². The molecule has 1 aromatic heterocycles. The molecule has 0 bridgehead atoms. The minimum atomic E-state index is 0.320. The molecule has 0 aliphatic rings. The fraction of sp³-hybridized carbons (Fsp3) is 0. The molecule has 2 aromatic rings. The zero-order chi connectivity index (χ0) is 9.10. The molecule has 1 aromatic carbocycles. The normalized spacial score (nSPS) is 10.2. The Morgan fingerprint density at radius 3 is 2.77 bits per heavy atom. The largest absolute Gasteiger partial charge is 0.508 e. The molecule has 0 spiro atoms. The average Bonchev–Trinajstić information content (AvgIpc) is 2.57. The second-order valence-electron chi connectivity index (χ2n) is 2.56. The van der Waals surface area contributed by atoms with Gasteiger partial charge in [0.1, 0.15) is 5.75 Å². The number of hydrogen-bond acceptors (Lipinski definition) is 3. The average molecular weight is 208 g/mol. The summed E-state index contributed by atoms with van der Waals surface area (Å²) in [6.45, 7) is 0. The van der Waals surface area contributed by atoms with E-state index in [1.807, 2.05) is 17.5 Å². The van der Waals surface area contributed by atoms with Crippen molar-refractivity contribution in [3.8, 4) is 5.75 Å². The van der Waals surface area contributed by atoms with Gasteiger partial charge in [-0.25, -0.2) is 0 Å². The lowest BCUT2D eigenvalue weighted by molar-refractivity contribution is 0.474. The van der Waals surface area contributed by atoms with Crippen LogP contribution < -0.4 is 0 Å². The molecule has 0 unspecified atom stereocenters. The number of benzene rings is 1. The van der Waals surface area contributed by atoms with Crippen LogP contribution in [-0.2, 0) is 0 Å². The molecule has 0 saturated carbocycles. The van der Waals surface area contributed by atoms with Gasteiger partial charge in [-0.15, -0.1) is 0 Å². The first-order valence-electron chi connectivity index (χ1n) is 3.84. The molecule has 0 saturated heterocycles. The highest BCUT2D eigenvalue weighted by Gasteiger charge is 1.97. The first-order valence-corrected chi connectivity index (χ1v) is 5.59. The van der Waals surface area contributed by atoms with Crippen molar-refractivity contribution < 1.29 is 5.11 Å². The van der Waals surface area contributed by atoms with Crippen LogP contribution in [0.5, 0.6) is 5.75 Å². The maximum absolute atomic E-state index is 9.23. The van der Waals surface area contributed by atoms with Crippen molar-refractivity contribution in [2.45, 2.75) is 9.79 Å². The summed E-state index contributed by atoms with van der Waals surface area (Å²) in [5.41, 5.74) is 0. The molecule has 1 N–H and O–H groups in total. The summed E-state index contributed by atoms with van der Waals surface area (Å²) < 4.78 is 0. The number of thiophene rings is 1. The molecule has 1 nitrogen and oxygen atoms in total. The molecule has 0 fully saturated rings. The maximum Gasteiger partial charge on any atom is 0.116 e. The Morgan fingerprint density at radius 2 is 2.08 bits per heavy atom. The molecule has 2 rings (SSSR count). The highest BCUT2D eigenvalue weighted by molar-refractivity contribution is 7.99. The van der Waals surface area contributed by atoms with Crippen molar-refractivity contribution in [1.29, 1.82) is 0 Å². The molecular formula is C10H8OS2. The van der Waals surface area contributed by atoms with Gasteiger partial charge in [0.05, 0.1) is 0 Å². The number of phenols is 1. The summed E-state index contributed by atoms with van der Waals surface area (Å²) in [7, 11) is 0. The van der Waals surface area contributed by atoms with Crippen LogP contribution in [-0.4, -0.2) is 5.11 Å². The lowest BCUT2D eigenvalue weighted by atomic mass is 10.3. The highest BCUT2D eigenvalue weighted by Crippen LogP contribution is 2.30. The molecular weight excluding hydrogens is 200 g/mol. The van der Waals surface area contributed by atoms with Crippen LogP contribution in [0, 0.1) is 0 Å². The van der Waals surface area contributed by atoms with E-state index in [1.54, 1.807) is 35.2 Å². The summed E-state index contributed by atoms with van der Waals surface area (Å²) in [5, 5.41) is 13.4. The zero-order valence-corrected chi connectivity index (χ0v) is 8.44. The fourth-order valence-corrected chi connectivity index (χ4v) is 2.69. The lowest BCUT2D eigenvalue weighted by Gasteiger charge is -1.98. The smallest absolute Gasteiger partial charge is 0.116 e. The lowest BCUT2D eigenvalue weighted by Crippen LogP contribution is -1.69. The predicted octanol–water partition coefficient (Wildman–Crippen LogP) is 3.60. The number of hydrogen-bond donors (Lipinski definition) is 1. The van der Waals surface area contributed by atoms with Crippen LogP contribution in [0.25, 0.3) is 0 Å². The van der Waals surface area contributed by atoms with Crippen molar-refractivity contribution in [3.05, 3.63) is 41.1 Å². The third-order valence-corrected chi connectivity index (χ3v) is 3.36. The van der Waals surface area contributed by atoms with Crippen molar-refractivity contribution in [2.24, 2.45) is 0 Å². The van der Waals surface area contributed by atoms with Crippen molar-refractivity contribution in [1.82, 2.24) is 0 Å². The second-order valence-corrected chi connectivity index (χ2v) is 4.49. The summed E-state index contributed by atoms with van der Waals surface area (Å²) in [4.78, 5) is 2.29. The maximum atomic E-state index is 9.23. The number of phenolic OH excluding ortho intramolecular Hbond substituents is 1. The van der Waals surface area contributed by atoms with Crippen LogP contribution in [0.2, 0.25) is 0 Å². The van der Waals surface area contributed by atoms with Gasteiger partial charge < -0.3 is 5.11 Å². The Morgan fingerprint density at radius 1 is 1.15 bits per heavy atom. The van der Waals surface area contributed by atoms with E-state index in [0.717, 1.165) is 4.90 Å². The van der Waals surface area contributed by atoms with Crippen LogP contribution >= 0.6 is 23.1 Å². The number of rotatable bonds is 2. The van der Waals surface area contributed by atoms with Crippen LogP contribution in [0.4, 0.5) is 0 Å². The zero-order valence-electron chi connectivity index (χ0n) is 6.81. The van der Waals surface area contributed by atoms with Crippen molar-refractivity contribution in [3.63, 3.8) is 0 Å². The summed E-state index contributed by atoms with van der Waals surface area (Å²) in [6, 6.07) is 9.35. The Hall–Kier alpha value is -0.930. The van der Waals surface area contributed by atoms with Gasteiger partial charge in [-0.05, 0) is 29.6 Å². The molecule has 0 amide bonds. The summed E-state index contributed by atoms with van der Waals surface area (Å²) in [5.74, 6) is 0.320. The standard InChI is InChI=1S/C10H8OS2/c11-8-2-1-3-9(6-8)13-10-4-5-12-7-10/h1-7,11H. The number of aromatic hydroxyl groups is 1. The summed E-state index contributed by atoms with van der Waals surface area (Å²) >= 11 is 3.34. The third kappa shape index (κ3) is 2.26. The Kier molecular flexibility index (Phi) is 2.57. The first kappa shape index (κ1) is 8.66. The van der Waals surface area contributed by atoms with Gasteiger partial charge in [-0.2, -0.15) is 11.3 Å². The molecule has 3 heteroatoms. The van der Waals surface area contributed by atoms with Gasteiger partial charge in [0.25, 0.3) is 0 Å². The Bertz CT molecular complexity index is 382. The van der Waals surface area contributed by atoms with Crippen LogP contribution in [0.15, 0.2) is 50.9 Å². The molecule has 0 aliphatic heterocycles. The first-order chi connectivity index (χ1) is 6.34. The van der Waals surface area contributed by atoms with Gasteiger partial charge in [0.15, 0.2) is 0 Å². The van der Waals surface area contributed by atoms with Crippen LogP contribution in [0.3, 0.4) is 0 Å². The van der Waals surface area contributed by atoms with Gasteiger partial charge in [-0.1, -0.05) is 17.8 Å². The Labute approximate surface area is 85.0 Å². The highest BCUT2D eigenvalue weighted by atomic mass is 32.2. The van der Waals surface area contributed by atoms with Gasteiger partial charge in [-0.3, -0.25) is 0 Å². The fourth-order valence-electron chi connectivity index (χ4n) is 0.993. The Balaban J connectivity index is 2.19. The minimum absolute atomic E-state index is 0.320. The molecule has 0 radical (unpaired) electrons. The van der Waals surface area contributed by atoms with Crippen LogP contribution in [0.1, 0.15) is 0 Å². The molecule has 13 heavy (non-hydrogen) atoms. The molecule has 0 atom stereocenters. The van der Waals surface area contributed by atoms with Gasteiger partial charge in [0.2, 0.25) is 0 Å². The van der Waals surface area contributed by atoms with E-state index in [4.69, 9.17) is 0 Å². The van der Waals surface area contributed by atoms with E-state index >= 15 is 0 Å². The van der Waals surface area contributed by atoms with Gasteiger partial charge in [0, 0.05) is 15.2 Å². The SMILES string of the molecule is Oc1cccc(Sc2ccsc2)c1. The molecule has 66 valence electrons. The minimum Gasteiger partial charge on any atom is -0.508 e. The van der Waals surface area contributed by atoms with E-state index in [-0.39, 0.29) is 0 Å². The monoisotopic (exact) mass is 208 g/mol. The quantitative estimate of drug-likeness (QED) is 0.813. The predicted molar refractivity (Wildman–Crippen MR) is 56.5 cm³/mol. The van der Waals surface area contributed by atoms with E-state index in [2.05, 4.69) is 11.4 Å². The summed E-state index contributed by atoms with van der Waals surface area (Å²) in [6.07, 6.45) is 0. The third-order valence-electron chi connectivity index (χ3n) is 1.55. The van der Waals surface area contributed by atoms with E-state index in [0.29, 0.717) is 5.75 Å². The van der Waals surface area contributed by atoms with E-state index in [1.165, 1.54) is 4.90 Å². The molecule has 0 aliphatic carbocycles. The second kappa shape index (κ2) is 3.85. The van der Waals surface area contributed by atoms with Crippen molar-refractivity contribution in [2.75, 3.05) is 0 Å². The molecule has 1 heterocycles.